The highest BCUT2D eigenvalue weighted by atomic mass is 16.5. The van der Waals surface area contributed by atoms with Gasteiger partial charge in [0.2, 0.25) is 5.91 Å². The van der Waals surface area contributed by atoms with Crippen LogP contribution in [0.3, 0.4) is 0 Å². The van der Waals surface area contributed by atoms with Crippen LogP contribution in [0.1, 0.15) is 25.7 Å². The molecule has 0 radical (unpaired) electrons. The van der Waals surface area contributed by atoms with E-state index in [1.165, 1.54) is 45.3 Å². The van der Waals surface area contributed by atoms with E-state index in [1.54, 1.807) is 6.20 Å². The Morgan fingerprint density at radius 2 is 1.80 bits per heavy atom. The van der Waals surface area contributed by atoms with Gasteiger partial charge in [-0.2, -0.15) is 0 Å². The minimum Gasteiger partial charge on any atom is -0.366 e. The van der Waals surface area contributed by atoms with Gasteiger partial charge in [-0.25, -0.2) is 4.98 Å². The predicted octanol–water partition coefficient (Wildman–Crippen LogP) is 2.39. The van der Waals surface area contributed by atoms with Gasteiger partial charge in [-0.15, -0.1) is 0 Å². The van der Waals surface area contributed by atoms with Crippen molar-refractivity contribution >= 4 is 22.8 Å². The van der Waals surface area contributed by atoms with Crippen molar-refractivity contribution in [3.05, 3.63) is 30.5 Å². The van der Waals surface area contributed by atoms with E-state index < -0.39 is 0 Å². The maximum Gasteiger partial charge on any atom is 0.248 e. The number of hydrogen-bond donors (Lipinski definition) is 1. The highest BCUT2D eigenvalue weighted by molar-refractivity contribution is 5.78. The van der Waals surface area contributed by atoms with Crippen LogP contribution in [0, 0.1) is 11.8 Å². The van der Waals surface area contributed by atoms with E-state index in [1.807, 2.05) is 29.2 Å². The molecule has 2 aromatic rings. The summed E-state index contributed by atoms with van der Waals surface area (Å²) in [6.45, 7) is 5.97. The van der Waals surface area contributed by atoms with Gasteiger partial charge in [0.05, 0.1) is 23.3 Å². The number of piperidine rings is 1. The number of anilines is 1. The van der Waals surface area contributed by atoms with E-state index in [0.29, 0.717) is 19.0 Å². The van der Waals surface area contributed by atoms with E-state index in [9.17, 15) is 4.79 Å². The van der Waals surface area contributed by atoms with Crippen LogP contribution in [0.5, 0.6) is 0 Å². The standard InChI is InChI=1S/C23H31N5O2/c29-23-16-30-19(11-25-22-12-24-20-3-1-2-4-21(20)26-22)15-28(23)14-18-7-9-27(10-8-18)13-17-5-6-17/h1-4,12,17-19H,5-11,13-16H2,(H,25,26)/t19-/m1/s1. The lowest BCUT2D eigenvalue weighted by Gasteiger charge is -2.38. The maximum atomic E-state index is 12.4. The quantitative estimate of drug-likeness (QED) is 0.757. The van der Waals surface area contributed by atoms with Gasteiger partial charge < -0.3 is 19.9 Å². The van der Waals surface area contributed by atoms with Crippen LogP contribution in [0.4, 0.5) is 5.82 Å². The zero-order valence-electron chi connectivity index (χ0n) is 17.5. The van der Waals surface area contributed by atoms with Crippen molar-refractivity contribution < 1.29 is 9.53 Å². The van der Waals surface area contributed by atoms with Crippen LogP contribution in [0.15, 0.2) is 30.5 Å². The zero-order chi connectivity index (χ0) is 20.3. The first-order valence-electron chi connectivity index (χ1n) is 11.3. The molecule has 3 aliphatic rings. The Morgan fingerprint density at radius 1 is 1.03 bits per heavy atom. The summed E-state index contributed by atoms with van der Waals surface area (Å²) in [7, 11) is 0. The van der Waals surface area contributed by atoms with Crippen LogP contribution in [-0.4, -0.2) is 77.7 Å². The van der Waals surface area contributed by atoms with Crippen molar-refractivity contribution in [2.45, 2.75) is 31.8 Å². The third kappa shape index (κ3) is 4.90. The normalized spacial score (nSPS) is 23.8. The second-order valence-electron chi connectivity index (χ2n) is 9.04. The molecule has 3 heterocycles. The van der Waals surface area contributed by atoms with Gasteiger partial charge in [-0.05, 0) is 62.7 Å². The SMILES string of the molecule is O=C1CO[C@H](CNc2cnc3ccccc3n2)CN1CC1CCN(CC2CC2)CC1. The first-order valence-corrected chi connectivity index (χ1v) is 11.3. The Bertz CT molecular complexity index is 879. The summed E-state index contributed by atoms with van der Waals surface area (Å²) in [5, 5.41) is 3.33. The lowest BCUT2D eigenvalue weighted by atomic mass is 9.95. The fourth-order valence-electron chi connectivity index (χ4n) is 4.57. The van der Waals surface area contributed by atoms with Gasteiger partial charge in [-0.1, -0.05) is 12.1 Å². The number of hydrogen-bond acceptors (Lipinski definition) is 6. The zero-order valence-corrected chi connectivity index (χ0v) is 17.5. The van der Waals surface area contributed by atoms with Gasteiger partial charge in [0.15, 0.2) is 0 Å². The number of benzene rings is 1. The number of rotatable bonds is 7. The van der Waals surface area contributed by atoms with Crippen LogP contribution in [0.25, 0.3) is 11.0 Å². The van der Waals surface area contributed by atoms with E-state index in [4.69, 9.17) is 4.74 Å². The van der Waals surface area contributed by atoms with E-state index in [2.05, 4.69) is 20.2 Å². The summed E-state index contributed by atoms with van der Waals surface area (Å²) < 4.78 is 5.78. The fraction of sp³-hybridized carbons (Fsp3) is 0.609. The lowest BCUT2D eigenvalue weighted by Crippen LogP contribution is -2.51. The summed E-state index contributed by atoms with van der Waals surface area (Å²) >= 11 is 0. The van der Waals surface area contributed by atoms with Crippen molar-refractivity contribution in [1.82, 2.24) is 19.8 Å². The second kappa shape index (κ2) is 8.86. The van der Waals surface area contributed by atoms with Crippen LogP contribution >= 0.6 is 0 Å². The van der Waals surface area contributed by atoms with Gasteiger partial charge in [0, 0.05) is 26.2 Å². The number of aromatic nitrogens is 2. The molecular weight excluding hydrogens is 378 g/mol. The smallest absolute Gasteiger partial charge is 0.248 e. The van der Waals surface area contributed by atoms with Crippen molar-refractivity contribution in [2.24, 2.45) is 11.8 Å². The lowest BCUT2D eigenvalue weighted by molar-refractivity contribution is -0.149. The van der Waals surface area contributed by atoms with Crippen LogP contribution in [0.2, 0.25) is 0 Å². The molecule has 2 saturated heterocycles. The molecule has 1 aliphatic carbocycles. The molecule has 1 amide bonds. The van der Waals surface area contributed by atoms with Gasteiger partial charge in [0.1, 0.15) is 12.4 Å². The van der Waals surface area contributed by atoms with Crippen molar-refractivity contribution in [3.8, 4) is 0 Å². The Labute approximate surface area is 177 Å². The molecule has 2 aliphatic heterocycles. The third-order valence-corrected chi connectivity index (χ3v) is 6.58. The molecular formula is C23H31N5O2. The van der Waals surface area contributed by atoms with E-state index in [0.717, 1.165) is 29.3 Å². The molecule has 7 nitrogen and oxygen atoms in total. The summed E-state index contributed by atoms with van der Waals surface area (Å²) in [6, 6.07) is 7.84. The molecule has 0 spiro atoms. The summed E-state index contributed by atoms with van der Waals surface area (Å²) in [5.74, 6) is 2.44. The number of carbonyl (C=O) groups excluding carboxylic acids is 1. The molecule has 0 bridgehead atoms. The Morgan fingerprint density at radius 3 is 2.60 bits per heavy atom. The monoisotopic (exact) mass is 409 g/mol. The second-order valence-corrected chi connectivity index (χ2v) is 9.04. The molecule has 7 heteroatoms. The van der Waals surface area contributed by atoms with Gasteiger partial charge >= 0.3 is 0 Å². The number of morpholine rings is 1. The first kappa shape index (κ1) is 19.7. The Kier molecular flexibility index (Phi) is 5.82. The molecule has 1 atom stereocenters. The highest BCUT2D eigenvalue weighted by Gasteiger charge is 2.31. The fourth-order valence-corrected chi connectivity index (χ4v) is 4.57. The van der Waals surface area contributed by atoms with Crippen molar-refractivity contribution in [1.29, 1.82) is 0 Å². The first-order chi connectivity index (χ1) is 14.7. The third-order valence-electron chi connectivity index (χ3n) is 6.58. The molecule has 1 aromatic carbocycles. The number of fused-ring (bicyclic) bond motifs is 1. The molecule has 5 rings (SSSR count). The van der Waals surface area contributed by atoms with Crippen molar-refractivity contribution in [3.63, 3.8) is 0 Å². The van der Waals surface area contributed by atoms with Crippen LogP contribution < -0.4 is 5.32 Å². The molecule has 3 fully saturated rings. The number of nitrogens with zero attached hydrogens (tertiary/aromatic N) is 4. The van der Waals surface area contributed by atoms with E-state index >= 15 is 0 Å². The van der Waals surface area contributed by atoms with Gasteiger partial charge in [0.25, 0.3) is 0 Å². The number of para-hydroxylation sites is 2. The molecule has 1 N–H and O–H groups in total. The molecule has 160 valence electrons. The largest absolute Gasteiger partial charge is 0.366 e. The van der Waals surface area contributed by atoms with Crippen LogP contribution in [-0.2, 0) is 9.53 Å². The summed E-state index contributed by atoms with van der Waals surface area (Å²) in [5.41, 5.74) is 1.76. The highest BCUT2D eigenvalue weighted by Crippen LogP contribution is 2.31. The van der Waals surface area contributed by atoms with Crippen molar-refractivity contribution in [2.75, 3.05) is 51.2 Å². The number of carbonyl (C=O) groups is 1. The maximum absolute atomic E-state index is 12.4. The number of likely N-dealkylation sites (tertiary alicyclic amines) is 1. The summed E-state index contributed by atoms with van der Waals surface area (Å²) in [4.78, 5) is 26.1. The minimum atomic E-state index is -0.0223. The van der Waals surface area contributed by atoms with E-state index in [-0.39, 0.29) is 18.6 Å². The Hall–Kier alpha value is -2.25. The number of amides is 1. The number of nitrogens with one attached hydrogen (secondary N) is 1. The molecule has 0 unspecified atom stereocenters. The number of ether oxygens (including phenoxy) is 1. The average Bonchev–Trinajstić information content (AvgIpc) is 3.59. The molecule has 1 aromatic heterocycles. The molecule has 1 saturated carbocycles. The Balaban J connectivity index is 1.10. The summed E-state index contributed by atoms with van der Waals surface area (Å²) in [6.07, 6.45) is 6.97. The predicted molar refractivity (Wildman–Crippen MR) is 116 cm³/mol. The van der Waals surface area contributed by atoms with Gasteiger partial charge in [-0.3, -0.25) is 9.78 Å². The average molecular weight is 410 g/mol. The molecule has 30 heavy (non-hydrogen) atoms. The minimum absolute atomic E-state index is 0.0223. The topological polar surface area (TPSA) is 70.6 Å².